The second kappa shape index (κ2) is 4.80. The summed E-state index contributed by atoms with van der Waals surface area (Å²) in [4.78, 5) is 4.46. The molecule has 0 radical (unpaired) electrons. The van der Waals surface area contributed by atoms with Gasteiger partial charge in [-0.25, -0.2) is 0 Å². The first kappa shape index (κ1) is 9.97. The van der Waals surface area contributed by atoms with Crippen molar-refractivity contribution in [1.82, 2.24) is 0 Å². The van der Waals surface area contributed by atoms with Crippen molar-refractivity contribution in [2.45, 2.75) is 27.2 Å². The first-order valence-corrected chi connectivity index (χ1v) is 4.82. The molecule has 1 aromatic carbocycles. The minimum absolute atomic E-state index is 0.930. The van der Waals surface area contributed by atoms with Crippen molar-refractivity contribution in [3.8, 4) is 0 Å². The predicted octanol–water partition coefficient (Wildman–Crippen LogP) is 3.21. The van der Waals surface area contributed by atoms with E-state index >= 15 is 0 Å². The van der Waals surface area contributed by atoms with E-state index in [0.29, 0.717) is 0 Å². The monoisotopic (exact) mass is 175 g/mol. The number of aliphatic imine (C=N–C) groups is 1. The Balaban J connectivity index is 2.77. The number of benzene rings is 1. The highest BCUT2D eigenvalue weighted by atomic mass is 14.7. The first-order chi connectivity index (χ1) is 6.24. The molecule has 0 aliphatic rings. The number of hydrogen-bond acceptors (Lipinski definition) is 1. The van der Waals surface area contributed by atoms with Gasteiger partial charge in [-0.05, 0) is 25.8 Å². The van der Waals surface area contributed by atoms with E-state index in [4.69, 9.17) is 0 Å². The highest BCUT2D eigenvalue weighted by Gasteiger charge is 1.94. The maximum Gasteiger partial charge on any atom is 0.0390 e. The van der Waals surface area contributed by atoms with E-state index in [1.165, 1.54) is 11.1 Å². The van der Waals surface area contributed by atoms with Crippen LogP contribution in [0.2, 0.25) is 0 Å². The molecule has 0 unspecified atom stereocenters. The standard InChI is InChI=1S/C12H17N/c1-4-9-13-11(3)12-7-5-10(2)6-8-12/h5-8H,4,9H2,1-3H3/b13-11+. The van der Waals surface area contributed by atoms with Crippen LogP contribution >= 0.6 is 0 Å². The lowest BCUT2D eigenvalue weighted by Crippen LogP contribution is -1.95. The summed E-state index contributed by atoms with van der Waals surface area (Å²) in [5, 5.41) is 0. The number of aryl methyl sites for hydroxylation is 1. The largest absolute Gasteiger partial charge is 0.289 e. The molecule has 0 saturated heterocycles. The number of nitrogens with zero attached hydrogens (tertiary/aromatic N) is 1. The van der Waals surface area contributed by atoms with E-state index in [1.54, 1.807) is 0 Å². The summed E-state index contributed by atoms with van der Waals surface area (Å²) < 4.78 is 0. The van der Waals surface area contributed by atoms with Crippen LogP contribution in [0.5, 0.6) is 0 Å². The lowest BCUT2D eigenvalue weighted by atomic mass is 10.1. The lowest BCUT2D eigenvalue weighted by Gasteiger charge is -2.00. The van der Waals surface area contributed by atoms with Crippen LogP contribution in [0.3, 0.4) is 0 Å². The number of hydrogen-bond donors (Lipinski definition) is 0. The third-order valence-electron chi connectivity index (χ3n) is 2.04. The molecule has 0 amide bonds. The SMILES string of the molecule is CCC/N=C(\C)c1ccc(C)cc1. The topological polar surface area (TPSA) is 12.4 Å². The minimum atomic E-state index is 0.930. The Morgan fingerprint density at radius 1 is 1.23 bits per heavy atom. The molecule has 0 bridgehead atoms. The van der Waals surface area contributed by atoms with E-state index in [-0.39, 0.29) is 0 Å². The zero-order chi connectivity index (χ0) is 9.68. The Kier molecular flexibility index (Phi) is 3.69. The molecule has 0 heterocycles. The van der Waals surface area contributed by atoms with Gasteiger partial charge in [0.05, 0.1) is 0 Å². The van der Waals surface area contributed by atoms with E-state index in [1.807, 2.05) is 0 Å². The predicted molar refractivity (Wildman–Crippen MR) is 58.5 cm³/mol. The highest BCUT2D eigenvalue weighted by Crippen LogP contribution is 2.04. The zero-order valence-electron chi connectivity index (χ0n) is 8.67. The molecule has 0 saturated carbocycles. The summed E-state index contributed by atoms with van der Waals surface area (Å²) in [7, 11) is 0. The third kappa shape index (κ3) is 3.02. The molecule has 1 aromatic rings. The van der Waals surface area contributed by atoms with Crippen LogP contribution in [0, 0.1) is 6.92 Å². The molecule has 1 heteroatoms. The van der Waals surface area contributed by atoms with Gasteiger partial charge in [-0.15, -0.1) is 0 Å². The Labute approximate surface area is 80.5 Å². The summed E-state index contributed by atoms with van der Waals surface area (Å²) in [6.07, 6.45) is 1.11. The van der Waals surface area contributed by atoms with Gasteiger partial charge < -0.3 is 0 Å². The molecule has 0 aliphatic carbocycles. The fourth-order valence-corrected chi connectivity index (χ4v) is 1.17. The fraction of sp³-hybridized carbons (Fsp3) is 0.417. The van der Waals surface area contributed by atoms with Gasteiger partial charge in [0, 0.05) is 12.3 Å². The molecule has 0 N–H and O–H groups in total. The maximum absolute atomic E-state index is 4.46. The average molecular weight is 175 g/mol. The molecule has 0 atom stereocenters. The Morgan fingerprint density at radius 2 is 1.85 bits per heavy atom. The zero-order valence-corrected chi connectivity index (χ0v) is 8.67. The van der Waals surface area contributed by atoms with Crippen molar-refractivity contribution in [3.05, 3.63) is 35.4 Å². The van der Waals surface area contributed by atoms with E-state index in [9.17, 15) is 0 Å². The molecule has 0 fully saturated rings. The normalized spacial score (nSPS) is 11.8. The summed E-state index contributed by atoms with van der Waals surface area (Å²) in [6, 6.07) is 8.51. The Hall–Kier alpha value is -1.11. The van der Waals surface area contributed by atoms with Crippen LogP contribution in [0.1, 0.15) is 31.4 Å². The molecule has 1 nitrogen and oxygen atoms in total. The Bertz CT molecular complexity index is 282. The van der Waals surface area contributed by atoms with E-state index in [0.717, 1.165) is 18.7 Å². The smallest absolute Gasteiger partial charge is 0.0390 e. The van der Waals surface area contributed by atoms with Crippen molar-refractivity contribution < 1.29 is 0 Å². The second-order valence-electron chi connectivity index (χ2n) is 3.33. The molecular formula is C12H17N. The van der Waals surface area contributed by atoms with Crippen LogP contribution < -0.4 is 0 Å². The second-order valence-corrected chi connectivity index (χ2v) is 3.33. The van der Waals surface area contributed by atoms with Crippen LogP contribution in [-0.4, -0.2) is 12.3 Å². The van der Waals surface area contributed by atoms with Gasteiger partial charge in [0.25, 0.3) is 0 Å². The number of rotatable bonds is 3. The highest BCUT2D eigenvalue weighted by molar-refractivity contribution is 5.98. The minimum Gasteiger partial charge on any atom is -0.289 e. The average Bonchev–Trinajstić information content (AvgIpc) is 2.15. The van der Waals surface area contributed by atoms with Crippen LogP contribution in [-0.2, 0) is 0 Å². The van der Waals surface area contributed by atoms with Crippen molar-refractivity contribution in [2.24, 2.45) is 4.99 Å². The molecule has 13 heavy (non-hydrogen) atoms. The molecular weight excluding hydrogens is 158 g/mol. The van der Waals surface area contributed by atoms with Gasteiger partial charge in [0.1, 0.15) is 0 Å². The van der Waals surface area contributed by atoms with Crippen LogP contribution in [0.15, 0.2) is 29.3 Å². The molecule has 0 aromatic heterocycles. The van der Waals surface area contributed by atoms with Gasteiger partial charge >= 0.3 is 0 Å². The summed E-state index contributed by atoms with van der Waals surface area (Å²) in [5.74, 6) is 0. The summed E-state index contributed by atoms with van der Waals surface area (Å²) >= 11 is 0. The van der Waals surface area contributed by atoms with E-state index < -0.39 is 0 Å². The maximum atomic E-state index is 4.46. The van der Waals surface area contributed by atoms with Gasteiger partial charge in [0.15, 0.2) is 0 Å². The fourth-order valence-electron chi connectivity index (χ4n) is 1.17. The molecule has 70 valence electrons. The quantitative estimate of drug-likeness (QED) is 0.625. The van der Waals surface area contributed by atoms with Gasteiger partial charge in [0.2, 0.25) is 0 Å². The summed E-state index contributed by atoms with van der Waals surface area (Å²) in [6.45, 7) is 7.24. The van der Waals surface area contributed by atoms with Crippen LogP contribution in [0.4, 0.5) is 0 Å². The van der Waals surface area contributed by atoms with E-state index in [2.05, 4.69) is 50.0 Å². The Morgan fingerprint density at radius 3 is 2.38 bits per heavy atom. The van der Waals surface area contributed by atoms with Gasteiger partial charge in [-0.1, -0.05) is 36.8 Å². The molecule has 1 rings (SSSR count). The lowest BCUT2D eigenvalue weighted by molar-refractivity contribution is 0.931. The van der Waals surface area contributed by atoms with Gasteiger partial charge in [-0.2, -0.15) is 0 Å². The van der Waals surface area contributed by atoms with Crippen molar-refractivity contribution in [2.75, 3.05) is 6.54 Å². The van der Waals surface area contributed by atoms with Gasteiger partial charge in [-0.3, -0.25) is 4.99 Å². The van der Waals surface area contributed by atoms with Crippen LogP contribution in [0.25, 0.3) is 0 Å². The third-order valence-corrected chi connectivity index (χ3v) is 2.04. The van der Waals surface area contributed by atoms with Crippen molar-refractivity contribution >= 4 is 5.71 Å². The van der Waals surface area contributed by atoms with Crippen molar-refractivity contribution in [1.29, 1.82) is 0 Å². The first-order valence-electron chi connectivity index (χ1n) is 4.82. The molecule has 0 spiro atoms. The van der Waals surface area contributed by atoms with Crippen molar-refractivity contribution in [3.63, 3.8) is 0 Å². The molecule has 0 aliphatic heterocycles. The summed E-state index contributed by atoms with van der Waals surface area (Å²) in [5.41, 5.74) is 3.67.